The van der Waals surface area contributed by atoms with Crippen LogP contribution in [0.5, 0.6) is 5.75 Å². The number of para-hydroxylation sites is 1. The maximum Gasteiger partial charge on any atom is 0.416 e. The highest BCUT2D eigenvalue weighted by atomic mass is 19.4. The fourth-order valence-electron chi connectivity index (χ4n) is 2.25. The first-order chi connectivity index (χ1) is 11.9. The van der Waals surface area contributed by atoms with E-state index >= 15 is 0 Å². The molecule has 0 saturated heterocycles. The monoisotopic (exact) mass is 353 g/mol. The van der Waals surface area contributed by atoms with E-state index in [1.807, 2.05) is 0 Å². The second kappa shape index (κ2) is 8.53. The standard InChI is InChI=1S/C18H18F3NO3/c19-18(20,21)17(24)15(11-13-7-3-1-4-8-13)22-16(23)12-25-14-9-5-2-6-10-14/h1-10,15,17,24H,11-12H2,(H,22,23). The zero-order valence-corrected chi connectivity index (χ0v) is 13.2. The van der Waals surface area contributed by atoms with Gasteiger partial charge in [-0.3, -0.25) is 4.79 Å². The largest absolute Gasteiger partial charge is 0.484 e. The Bertz CT molecular complexity index is 662. The lowest BCUT2D eigenvalue weighted by atomic mass is 10.0. The Hall–Kier alpha value is -2.54. The molecule has 2 N–H and O–H groups in total. The molecule has 2 rings (SSSR count). The molecule has 0 aromatic heterocycles. The molecule has 1 amide bonds. The lowest BCUT2D eigenvalue weighted by Crippen LogP contribution is -2.52. The molecule has 4 nitrogen and oxygen atoms in total. The molecule has 0 aliphatic heterocycles. The van der Waals surface area contributed by atoms with Crippen molar-refractivity contribution < 1.29 is 27.8 Å². The highest BCUT2D eigenvalue weighted by Crippen LogP contribution is 2.24. The van der Waals surface area contributed by atoms with Gasteiger partial charge < -0.3 is 15.2 Å². The Morgan fingerprint density at radius 1 is 1.04 bits per heavy atom. The van der Waals surface area contributed by atoms with Gasteiger partial charge in [0.25, 0.3) is 5.91 Å². The summed E-state index contributed by atoms with van der Waals surface area (Å²) in [4.78, 5) is 11.9. The van der Waals surface area contributed by atoms with Crippen LogP contribution in [0.25, 0.3) is 0 Å². The van der Waals surface area contributed by atoms with Crippen LogP contribution in [0.4, 0.5) is 13.2 Å². The van der Waals surface area contributed by atoms with Crippen LogP contribution < -0.4 is 10.1 Å². The van der Waals surface area contributed by atoms with Crippen molar-refractivity contribution in [2.45, 2.75) is 24.7 Å². The number of alkyl halides is 3. The van der Waals surface area contributed by atoms with E-state index in [0.717, 1.165) is 0 Å². The summed E-state index contributed by atoms with van der Waals surface area (Å²) < 4.78 is 43.8. The van der Waals surface area contributed by atoms with Gasteiger partial charge in [0.15, 0.2) is 12.7 Å². The smallest absolute Gasteiger partial charge is 0.416 e. The van der Waals surface area contributed by atoms with Crippen LogP contribution in [0.2, 0.25) is 0 Å². The molecule has 0 bridgehead atoms. The van der Waals surface area contributed by atoms with Crippen molar-refractivity contribution in [3.05, 3.63) is 66.2 Å². The highest BCUT2D eigenvalue weighted by molar-refractivity contribution is 5.78. The number of aliphatic hydroxyl groups excluding tert-OH is 1. The molecule has 0 aliphatic rings. The molecule has 7 heteroatoms. The van der Waals surface area contributed by atoms with Gasteiger partial charge in [-0.15, -0.1) is 0 Å². The van der Waals surface area contributed by atoms with Gasteiger partial charge in [0.05, 0.1) is 6.04 Å². The second-order valence-corrected chi connectivity index (χ2v) is 5.45. The minimum atomic E-state index is -4.84. The first-order valence-electron chi connectivity index (χ1n) is 7.62. The van der Waals surface area contributed by atoms with Gasteiger partial charge in [-0.2, -0.15) is 13.2 Å². The number of benzene rings is 2. The molecule has 2 aromatic carbocycles. The van der Waals surface area contributed by atoms with Crippen molar-refractivity contribution in [2.75, 3.05) is 6.61 Å². The summed E-state index contributed by atoms with van der Waals surface area (Å²) in [6, 6.07) is 15.3. The molecule has 134 valence electrons. The Morgan fingerprint density at radius 2 is 1.60 bits per heavy atom. The zero-order chi connectivity index (χ0) is 18.3. The van der Waals surface area contributed by atoms with E-state index in [4.69, 9.17) is 4.74 Å². The van der Waals surface area contributed by atoms with Crippen molar-refractivity contribution in [1.29, 1.82) is 0 Å². The number of carbonyl (C=O) groups excluding carboxylic acids is 1. The summed E-state index contributed by atoms with van der Waals surface area (Å²) in [5.41, 5.74) is 0.570. The summed E-state index contributed by atoms with van der Waals surface area (Å²) in [6.45, 7) is -0.445. The van der Waals surface area contributed by atoms with Crippen LogP contribution >= 0.6 is 0 Å². The zero-order valence-electron chi connectivity index (χ0n) is 13.2. The van der Waals surface area contributed by atoms with Crippen molar-refractivity contribution in [1.82, 2.24) is 5.32 Å². The molecule has 0 radical (unpaired) electrons. The van der Waals surface area contributed by atoms with Crippen molar-refractivity contribution >= 4 is 5.91 Å². The first-order valence-corrected chi connectivity index (χ1v) is 7.62. The number of ether oxygens (including phenoxy) is 1. The van der Waals surface area contributed by atoms with Gasteiger partial charge >= 0.3 is 6.18 Å². The molecule has 0 aliphatic carbocycles. The van der Waals surface area contributed by atoms with Crippen LogP contribution in [-0.2, 0) is 11.2 Å². The van der Waals surface area contributed by atoms with E-state index in [-0.39, 0.29) is 6.42 Å². The number of hydrogen-bond donors (Lipinski definition) is 2. The summed E-state index contributed by atoms with van der Waals surface area (Å²) in [5, 5.41) is 11.8. The Labute approximate surface area is 143 Å². The lowest BCUT2D eigenvalue weighted by molar-refractivity contribution is -0.212. The van der Waals surface area contributed by atoms with Crippen LogP contribution in [0.1, 0.15) is 5.56 Å². The fraction of sp³-hybridized carbons (Fsp3) is 0.278. The van der Waals surface area contributed by atoms with Gasteiger partial charge in [-0.05, 0) is 24.1 Å². The van der Waals surface area contributed by atoms with E-state index in [2.05, 4.69) is 5.32 Å². The summed E-state index contributed by atoms with van der Waals surface area (Å²) >= 11 is 0. The SMILES string of the molecule is O=C(COc1ccccc1)NC(Cc1ccccc1)C(O)C(F)(F)F. The third-order valence-electron chi connectivity index (χ3n) is 3.47. The maximum absolute atomic E-state index is 12.9. The molecule has 0 saturated carbocycles. The van der Waals surface area contributed by atoms with Gasteiger partial charge in [0.2, 0.25) is 0 Å². The third kappa shape index (κ3) is 6.11. The topological polar surface area (TPSA) is 58.6 Å². The number of halogens is 3. The predicted octanol–water partition coefficient (Wildman–Crippen LogP) is 2.72. The van der Waals surface area contributed by atoms with Crippen molar-refractivity contribution in [3.63, 3.8) is 0 Å². The number of rotatable bonds is 7. The molecule has 25 heavy (non-hydrogen) atoms. The van der Waals surface area contributed by atoms with Gasteiger partial charge in [0.1, 0.15) is 5.75 Å². The summed E-state index contributed by atoms with van der Waals surface area (Å²) in [6.07, 6.45) is -7.67. The number of hydrogen-bond acceptors (Lipinski definition) is 3. The molecule has 2 aromatic rings. The van der Waals surface area contributed by atoms with Crippen LogP contribution in [0.3, 0.4) is 0 Å². The minimum absolute atomic E-state index is 0.154. The number of aliphatic hydroxyl groups is 1. The van der Waals surface area contributed by atoms with Gasteiger partial charge in [-0.25, -0.2) is 0 Å². The fourth-order valence-corrected chi connectivity index (χ4v) is 2.25. The number of carbonyl (C=O) groups is 1. The molecule has 0 fully saturated rings. The third-order valence-corrected chi connectivity index (χ3v) is 3.47. The lowest BCUT2D eigenvalue weighted by Gasteiger charge is -2.26. The molecule has 2 atom stereocenters. The molecule has 2 unspecified atom stereocenters. The van der Waals surface area contributed by atoms with Crippen LogP contribution in [-0.4, -0.2) is 35.9 Å². The Balaban J connectivity index is 2.00. The van der Waals surface area contributed by atoms with E-state index in [9.17, 15) is 23.1 Å². The van der Waals surface area contributed by atoms with Crippen molar-refractivity contribution in [2.24, 2.45) is 0 Å². The number of nitrogens with one attached hydrogen (secondary N) is 1. The maximum atomic E-state index is 12.9. The van der Waals surface area contributed by atoms with Crippen LogP contribution in [0.15, 0.2) is 60.7 Å². The average molecular weight is 353 g/mol. The van der Waals surface area contributed by atoms with E-state index in [1.165, 1.54) is 0 Å². The Kier molecular flexibility index (Phi) is 6.41. The van der Waals surface area contributed by atoms with Gasteiger partial charge in [-0.1, -0.05) is 48.5 Å². The molecule has 0 spiro atoms. The van der Waals surface area contributed by atoms with Crippen molar-refractivity contribution in [3.8, 4) is 5.75 Å². The molecule has 0 heterocycles. The normalized spacial score (nSPS) is 13.8. The summed E-state index contributed by atoms with van der Waals surface area (Å²) in [5.74, 6) is -0.318. The Morgan fingerprint density at radius 3 is 2.16 bits per heavy atom. The average Bonchev–Trinajstić information content (AvgIpc) is 2.60. The van der Waals surface area contributed by atoms with E-state index in [1.54, 1.807) is 60.7 Å². The highest BCUT2D eigenvalue weighted by Gasteiger charge is 2.44. The van der Waals surface area contributed by atoms with Gasteiger partial charge in [0, 0.05) is 0 Å². The first kappa shape index (κ1) is 18.8. The minimum Gasteiger partial charge on any atom is -0.484 e. The molecular formula is C18H18F3NO3. The second-order valence-electron chi connectivity index (χ2n) is 5.45. The predicted molar refractivity (Wildman–Crippen MR) is 86.1 cm³/mol. The molecular weight excluding hydrogens is 335 g/mol. The number of amides is 1. The van der Waals surface area contributed by atoms with E-state index < -0.39 is 30.8 Å². The quantitative estimate of drug-likeness (QED) is 0.805. The van der Waals surface area contributed by atoms with Crippen LogP contribution in [0, 0.1) is 0 Å². The summed E-state index contributed by atoms with van der Waals surface area (Å²) in [7, 11) is 0. The van der Waals surface area contributed by atoms with E-state index in [0.29, 0.717) is 11.3 Å².